The zero-order chi connectivity index (χ0) is 16.1. The molecule has 2 amide bonds. The fourth-order valence-corrected chi connectivity index (χ4v) is 2.15. The second kappa shape index (κ2) is 12.3. The van der Waals surface area contributed by atoms with Crippen molar-refractivity contribution >= 4 is 29.7 Å². The van der Waals surface area contributed by atoms with Crippen LogP contribution in [0.2, 0.25) is 0 Å². The van der Waals surface area contributed by atoms with E-state index in [1.165, 1.54) is 0 Å². The van der Waals surface area contributed by atoms with Gasteiger partial charge in [0.25, 0.3) is 0 Å². The van der Waals surface area contributed by atoms with E-state index in [9.17, 15) is 14.4 Å². The number of nitrogens with one attached hydrogen (secondary N) is 2. The van der Waals surface area contributed by atoms with Gasteiger partial charge in [-0.15, -0.1) is 0 Å². The molecule has 0 aromatic carbocycles. The van der Waals surface area contributed by atoms with Gasteiger partial charge in [0.05, 0.1) is 0 Å². The Hall–Kier alpha value is -1.44. The summed E-state index contributed by atoms with van der Waals surface area (Å²) in [5.74, 6) is -1.19. The molecule has 0 radical (unpaired) electrons. The van der Waals surface area contributed by atoms with Gasteiger partial charge in [-0.1, -0.05) is 12.8 Å². The molecule has 7 nitrogen and oxygen atoms in total. The quantitative estimate of drug-likeness (QED) is 0.405. The normalized spacial score (nSPS) is 11.7. The van der Waals surface area contributed by atoms with Gasteiger partial charge in [-0.3, -0.25) is 4.79 Å². The Kier molecular flexibility index (Phi) is 11.5. The summed E-state index contributed by atoms with van der Waals surface area (Å²) in [6.45, 7) is 0.483. The van der Waals surface area contributed by atoms with Crippen LogP contribution in [0.5, 0.6) is 0 Å². The zero-order valence-electron chi connectivity index (χ0n) is 12.3. The SMILES string of the molecule is CSCCCCCCNC(=O)NC(CCC(=O)O)C(=O)O. The summed E-state index contributed by atoms with van der Waals surface area (Å²) in [4.78, 5) is 32.8. The Labute approximate surface area is 128 Å². The van der Waals surface area contributed by atoms with E-state index >= 15 is 0 Å². The molecule has 1 unspecified atom stereocenters. The number of unbranched alkanes of at least 4 members (excludes halogenated alkanes) is 3. The molecule has 0 aliphatic carbocycles. The van der Waals surface area contributed by atoms with Gasteiger partial charge >= 0.3 is 18.0 Å². The molecule has 0 aromatic rings. The van der Waals surface area contributed by atoms with Crippen molar-refractivity contribution in [1.82, 2.24) is 10.6 Å². The van der Waals surface area contributed by atoms with Gasteiger partial charge in [-0.05, 0) is 31.3 Å². The Bertz CT molecular complexity index is 339. The van der Waals surface area contributed by atoms with E-state index in [0.717, 1.165) is 31.4 Å². The van der Waals surface area contributed by atoms with Crippen molar-refractivity contribution in [2.75, 3.05) is 18.6 Å². The highest BCUT2D eigenvalue weighted by Crippen LogP contribution is 2.04. The first-order valence-electron chi connectivity index (χ1n) is 6.95. The number of hydrogen-bond donors (Lipinski definition) is 4. The summed E-state index contributed by atoms with van der Waals surface area (Å²) >= 11 is 1.81. The number of carbonyl (C=O) groups excluding carboxylic acids is 1. The molecule has 0 spiro atoms. The highest BCUT2D eigenvalue weighted by Gasteiger charge is 2.20. The average molecular weight is 320 g/mol. The third-order valence-electron chi connectivity index (χ3n) is 2.81. The van der Waals surface area contributed by atoms with Crippen LogP contribution in [0.25, 0.3) is 0 Å². The molecule has 0 aliphatic heterocycles. The third kappa shape index (κ3) is 12.0. The highest BCUT2D eigenvalue weighted by molar-refractivity contribution is 7.98. The monoisotopic (exact) mass is 320 g/mol. The predicted octanol–water partition coefficient (Wildman–Crippen LogP) is 1.53. The second-order valence-corrected chi connectivity index (χ2v) is 5.62. The van der Waals surface area contributed by atoms with Crippen LogP contribution in [0.1, 0.15) is 38.5 Å². The Morgan fingerprint density at radius 3 is 2.33 bits per heavy atom. The van der Waals surface area contributed by atoms with Crippen molar-refractivity contribution in [2.24, 2.45) is 0 Å². The van der Waals surface area contributed by atoms with Crippen LogP contribution >= 0.6 is 11.8 Å². The van der Waals surface area contributed by atoms with Gasteiger partial charge < -0.3 is 20.8 Å². The topological polar surface area (TPSA) is 116 Å². The Morgan fingerprint density at radius 2 is 1.76 bits per heavy atom. The van der Waals surface area contributed by atoms with Gasteiger partial charge in [0.1, 0.15) is 6.04 Å². The molecule has 1 atom stereocenters. The number of carbonyl (C=O) groups is 3. The van der Waals surface area contributed by atoms with E-state index in [-0.39, 0.29) is 12.8 Å². The molecule has 8 heteroatoms. The van der Waals surface area contributed by atoms with Crippen LogP contribution < -0.4 is 10.6 Å². The van der Waals surface area contributed by atoms with Crippen LogP contribution in [0.3, 0.4) is 0 Å². The lowest BCUT2D eigenvalue weighted by Crippen LogP contribution is -2.46. The summed E-state index contributed by atoms with van der Waals surface area (Å²) in [5.41, 5.74) is 0. The van der Waals surface area contributed by atoms with E-state index in [4.69, 9.17) is 10.2 Å². The maximum Gasteiger partial charge on any atom is 0.326 e. The van der Waals surface area contributed by atoms with E-state index in [1.807, 2.05) is 11.8 Å². The van der Waals surface area contributed by atoms with Crippen molar-refractivity contribution < 1.29 is 24.6 Å². The van der Waals surface area contributed by atoms with E-state index in [2.05, 4.69) is 16.9 Å². The molecule has 0 saturated carbocycles. The number of carboxylic acid groups (broad SMARTS) is 2. The number of urea groups is 1. The summed E-state index contributed by atoms with van der Waals surface area (Å²) in [6.07, 6.45) is 5.76. The second-order valence-electron chi connectivity index (χ2n) is 4.63. The molecule has 0 bridgehead atoms. The van der Waals surface area contributed by atoms with E-state index in [0.29, 0.717) is 6.54 Å². The van der Waals surface area contributed by atoms with Crippen LogP contribution in [-0.4, -0.2) is 52.8 Å². The fraction of sp³-hybridized carbons (Fsp3) is 0.769. The first kappa shape index (κ1) is 19.6. The van der Waals surface area contributed by atoms with Gasteiger partial charge in [0.2, 0.25) is 0 Å². The molecule has 4 N–H and O–H groups in total. The van der Waals surface area contributed by atoms with E-state index < -0.39 is 24.0 Å². The van der Waals surface area contributed by atoms with Crippen molar-refractivity contribution in [2.45, 2.75) is 44.6 Å². The minimum Gasteiger partial charge on any atom is -0.481 e. The number of carboxylic acids is 2. The van der Waals surface area contributed by atoms with Crippen LogP contribution in [0.15, 0.2) is 0 Å². The lowest BCUT2D eigenvalue weighted by atomic mass is 10.1. The lowest BCUT2D eigenvalue weighted by molar-refractivity contribution is -0.140. The molecule has 0 aliphatic rings. The van der Waals surface area contributed by atoms with Gasteiger partial charge in [-0.25, -0.2) is 9.59 Å². The van der Waals surface area contributed by atoms with Crippen molar-refractivity contribution in [3.8, 4) is 0 Å². The number of hydrogen-bond acceptors (Lipinski definition) is 4. The molecule has 0 heterocycles. The molecule has 0 saturated heterocycles. The smallest absolute Gasteiger partial charge is 0.326 e. The largest absolute Gasteiger partial charge is 0.481 e. The average Bonchev–Trinajstić information content (AvgIpc) is 2.41. The summed E-state index contributed by atoms with van der Waals surface area (Å²) < 4.78 is 0. The fourth-order valence-electron chi connectivity index (χ4n) is 1.66. The molecule has 0 rings (SSSR count). The van der Waals surface area contributed by atoms with Gasteiger partial charge in [0.15, 0.2) is 0 Å². The molecule has 122 valence electrons. The summed E-state index contributed by atoms with van der Waals surface area (Å²) in [6, 6.07) is -1.75. The van der Waals surface area contributed by atoms with Crippen molar-refractivity contribution in [3.63, 3.8) is 0 Å². The number of rotatable bonds is 12. The predicted molar refractivity (Wildman–Crippen MR) is 81.7 cm³/mol. The van der Waals surface area contributed by atoms with Gasteiger partial charge in [0, 0.05) is 13.0 Å². The lowest BCUT2D eigenvalue weighted by Gasteiger charge is -2.14. The Balaban J connectivity index is 3.78. The van der Waals surface area contributed by atoms with Crippen LogP contribution in [0, 0.1) is 0 Å². The van der Waals surface area contributed by atoms with Crippen LogP contribution in [0.4, 0.5) is 4.79 Å². The molecule has 0 aromatic heterocycles. The van der Waals surface area contributed by atoms with Crippen molar-refractivity contribution in [1.29, 1.82) is 0 Å². The number of amides is 2. The number of thioether (sulfide) groups is 1. The van der Waals surface area contributed by atoms with Crippen LogP contribution in [-0.2, 0) is 9.59 Å². The maximum atomic E-state index is 11.5. The Morgan fingerprint density at radius 1 is 1.10 bits per heavy atom. The minimum absolute atomic E-state index is 0.132. The maximum absolute atomic E-state index is 11.5. The first-order chi connectivity index (χ1) is 9.97. The molecular formula is C13H24N2O5S. The highest BCUT2D eigenvalue weighted by atomic mass is 32.2. The standard InChI is InChI=1S/C13H24N2O5S/c1-21-9-5-3-2-4-8-14-13(20)15-10(12(18)19)6-7-11(16)17/h10H,2-9H2,1H3,(H,16,17)(H,18,19)(H2,14,15,20). The molecule has 21 heavy (non-hydrogen) atoms. The summed E-state index contributed by atoms with van der Waals surface area (Å²) in [5, 5.41) is 22.3. The first-order valence-corrected chi connectivity index (χ1v) is 8.34. The van der Waals surface area contributed by atoms with Crippen molar-refractivity contribution in [3.05, 3.63) is 0 Å². The summed E-state index contributed by atoms with van der Waals surface area (Å²) in [7, 11) is 0. The molecular weight excluding hydrogens is 296 g/mol. The minimum atomic E-state index is -1.23. The number of aliphatic carboxylic acids is 2. The van der Waals surface area contributed by atoms with E-state index in [1.54, 1.807) is 0 Å². The van der Waals surface area contributed by atoms with Gasteiger partial charge in [-0.2, -0.15) is 11.8 Å². The molecule has 0 fully saturated rings. The zero-order valence-corrected chi connectivity index (χ0v) is 13.1. The third-order valence-corrected chi connectivity index (χ3v) is 3.51.